The highest BCUT2D eigenvalue weighted by Gasteiger charge is 2.16. The van der Waals surface area contributed by atoms with Crippen molar-refractivity contribution in [2.24, 2.45) is 7.05 Å². The van der Waals surface area contributed by atoms with Gasteiger partial charge in [0.2, 0.25) is 5.95 Å². The number of hydrogen-bond acceptors (Lipinski definition) is 6. The second-order valence-corrected chi connectivity index (χ2v) is 6.00. The number of nitrogens with one attached hydrogen (secondary N) is 1. The van der Waals surface area contributed by atoms with Crippen molar-refractivity contribution in [3.8, 4) is 28.6 Å². The first-order chi connectivity index (χ1) is 13.2. The van der Waals surface area contributed by atoms with Crippen molar-refractivity contribution in [2.75, 3.05) is 12.4 Å². The zero-order chi connectivity index (χ0) is 18.6. The fraction of sp³-hybridized carbons (Fsp3) is 0.150. The van der Waals surface area contributed by atoms with Gasteiger partial charge in [-0.25, -0.2) is 15.0 Å². The number of aromatic nitrogens is 4. The fourth-order valence-electron chi connectivity index (χ4n) is 2.82. The lowest BCUT2D eigenvalue weighted by atomic mass is 10.2. The summed E-state index contributed by atoms with van der Waals surface area (Å²) in [6, 6.07) is 11.6. The Hall–Kier alpha value is -3.61. The van der Waals surface area contributed by atoms with Crippen LogP contribution in [0.4, 0.5) is 5.95 Å². The molecule has 136 valence electrons. The van der Waals surface area contributed by atoms with Crippen LogP contribution in [0.1, 0.15) is 5.56 Å². The first kappa shape index (κ1) is 16.8. The van der Waals surface area contributed by atoms with Crippen LogP contribution in [0.15, 0.2) is 65.7 Å². The number of methoxy groups -OCH3 is 1. The van der Waals surface area contributed by atoms with Gasteiger partial charge in [0.1, 0.15) is 17.3 Å². The molecular weight excluding hydrogens is 342 g/mol. The van der Waals surface area contributed by atoms with Gasteiger partial charge in [-0.2, -0.15) is 0 Å². The van der Waals surface area contributed by atoms with Gasteiger partial charge in [-0.15, -0.1) is 0 Å². The molecule has 0 bridgehead atoms. The SMILES string of the molecule is COc1cccc(CNc2ncc(-c3nccn3C)c(-c3ccco3)n2)c1. The number of anilines is 1. The number of ether oxygens (including phenoxy) is 1. The van der Waals surface area contributed by atoms with Crippen LogP contribution in [-0.4, -0.2) is 26.6 Å². The zero-order valence-corrected chi connectivity index (χ0v) is 15.1. The molecule has 4 rings (SSSR count). The minimum absolute atomic E-state index is 0.516. The molecule has 0 saturated carbocycles. The fourth-order valence-corrected chi connectivity index (χ4v) is 2.82. The van der Waals surface area contributed by atoms with Crippen LogP contribution >= 0.6 is 0 Å². The number of hydrogen-bond donors (Lipinski definition) is 1. The average Bonchev–Trinajstić information content (AvgIpc) is 3.38. The second kappa shape index (κ2) is 7.33. The van der Waals surface area contributed by atoms with Crippen molar-refractivity contribution in [3.05, 3.63) is 66.8 Å². The minimum atomic E-state index is 0.516. The molecule has 0 unspecified atom stereocenters. The van der Waals surface area contributed by atoms with Gasteiger partial charge in [-0.1, -0.05) is 12.1 Å². The third-order valence-corrected chi connectivity index (χ3v) is 4.19. The lowest BCUT2D eigenvalue weighted by molar-refractivity contribution is 0.414. The molecule has 1 N–H and O–H groups in total. The van der Waals surface area contributed by atoms with Crippen LogP contribution in [0.5, 0.6) is 5.75 Å². The molecule has 3 aromatic heterocycles. The first-order valence-corrected chi connectivity index (χ1v) is 8.50. The monoisotopic (exact) mass is 361 g/mol. The Bertz CT molecular complexity index is 1040. The minimum Gasteiger partial charge on any atom is -0.497 e. The summed E-state index contributed by atoms with van der Waals surface area (Å²) in [5.41, 5.74) is 2.58. The van der Waals surface area contributed by atoms with Crippen LogP contribution in [0.3, 0.4) is 0 Å². The zero-order valence-electron chi connectivity index (χ0n) is 15.1. The standard InChI is InChI=1S/C20H19N5O2/c1-25-9-8-21-19(25)16-13-23-20(24-18(16)17-7-4-10-27-17)22-12-14-5-3-6-15(11-14)26-2/h3-11,13H,12H2,1-2H3,(H,22,23,24). The number of rotatable bonds is 6. The van der Waals surface area contributed by atoms with Crippen LogP contribution in [0, 0.1) is 0 Å². The van der Waals surface area contributed by atoms with E-state index in [1.165, 1.54) is 0 Å². The topological polar surface area (TPSA) is 78.0 Å². The summed E-state index contributed by atoms with van der Waals surface area (Å²) in [5, 5.41) is 3.26. The van der Waals surface area contributed by atoms with E-state index in [9.17, 15) is 0 Å². The molecule has 0 aliphatic heterocycles. The van der Waals surface area contributed by atoms with Crippen LogP contribution in [0.25, 0.3) is 22.8 Å². The van der Waals surface area contributed by atoms with Gasteiger partial charge >= 0.3 is 0 Å². The predicted molar refractivity (Wildman–Crippen MR) is 102 cm³/mol. The van der Waals surface area contributed by atoms with Crippen molar-refractivity contribution >= 4 is 5.95 Å². The molecule has 1 aromatic carbocycles. The van der Waals surface area contributed by atoms with Crippen molar-refractivity contribution < 1.29 is 9.15 Å². The van der Waals surface area contributed by atoms with E-state index < -0.39 is 0 Å². The Morgan fingerprint density at radius 2 is 2.11 bits per heavy atom. The molecule has 7 heteroatoms. The Labute approximate surface area is 156 Å². The third kappa shape index (κ3) is 3.52. The van der Waals surface area contributed by atoms with E-state index in [-0.39, 0.29) is 0 Å². The summed E-state index contributed by atoms with van der Waals surface area (Å²) in [6.07, 6.45) is 7.02. The van der Waals surface area contributed by atoms with E-state index in [2.05, 4.69) is 20.3 Å². The summed E-state index contributed by atoms with van der Waals surface area (Å²) < 4.78 is 12.8. The molecule has 3 heterocycles. The van der Waals surface area contributed by atoms with E-state index in [0.717, 1.165) is 22.7 Å². The summed E-state index contributed by atoms with van der Waals surface area (Å²) >= 11 is 0. The molecule has 27 heavy (non-hydrogen) atoms. The van der Waals surface area contributed by atoms with Gasteiger partial charge in [-0.3, -0.25) is 0 Å². The largest absolute Gasteiger partial charge is 0.497 e. The van der Waals surface area contributed by atoms with Crippen molar-refractivity contribution in [2.45, 2.75) is 6.54 Å². The molecular formula is C20H19N5O2. The third-order valence-electron chi connectivity index (χ3n) is 4.19. The highest BCUT2D eigenvalue weighted by Crippen LogP contribution is 2.30. The number of benzene rings is 1. The Morgan fingerprint density at radius 3 is 2.85 bits per heavy atom. The number of nitrogens with zero attached hydrogens (tertiary/aromatic N) is 4. The van der Waals surface area contributed by atoms with Gasteiger partial charge < -0.3 is 19.0 Å². The normalized spacial score (nSPS) is 10.7. The van der Waals surface area contributed by atoms with Crippen molar-refractivity contribution in [1.82, 2.24) is 19.5 Å². The highest BCUT2D eigenvalue weighted by atomic mass is 16.5. The Balaban J connectivity index is 1.65. The number of imidazole rings is 1. The van der Waals surface area contributed by atoms with E-state index in [1.807, 2.05) is 54.2 Å². The molecule has 0 saturated heterocycles. The van der Waals surface area contributed by atoms with Gasteiger partial charge in [0, 0.05) is 32.2 Å². The predicted octanol–water partition coefficient (Wildman–Crippen LogP) is 3.76. The first-order valence-electron chi connectivity index (χ1n) is 8.50. The molecule has 0 radical (unpaired) electrons. The Kier molecular flexibility index (Phi) is 4.57. The van der Waals surface area contributed by atoms with Crippen molar-refractivity contribution in [1.29, 1.82) is 0 Å². The maximum Gasteiger partial charge on any atom is 0.223 e. The lowest BCUT2D eigenvalue weighted by Gasteiger charge is -2.10. The second-order valence-electron chi connectivity index (χ2n) is 6.00. The van der Waals surface area contributed by atoms with Crippen LogP contribution < -0.4 is 10.1 Å². The molecule has 0 fully saturated rings. The summed E-state index contributed by atoms with van der Waals surface area (Å²) in [5.74, 6) is 2.78. The lowest BCUT2D eigenvalue weighted by Crippen LogP contribution is -2.06. The molecule has 0 spiro atoms. The van der Waals surface area contributed by atoms with Gasteiger partial charge in [-0.05, 0) is 29.8 Å². The maximum atomic E-state index is 5.57. The quantitative estimate of drug-likeness (QED) is 0.563. The molecule has 0 atom stereocenters. The van der Waals surface area contributed by atoms with E-state index >= 15 is 0 Å². The molecule has 0 aliphatic rings. The molecule has 0 aliphatic carbocycles. The summed E-state index contributed by atoms with van der Waals surface area (Å²) in [4.78, 5) is 13.5. The molecule has 7 nitrogen and oxygen atoms in total. The average molecular weight is 361 g/mol. The van der Waals surface area contributed by atoms with E-state index in [4.69, 9.17) is 9.15 Å². The van der Waals surface area contributed by atoms with Gasteiger partial charge in [0.05, 0.1) is 18.9 Å². The molecule has 4 aromatic rings. The molecule has 0 amide bonds. The highest BCUT2D eigenvalue weighted by molar-refractivity contribution is 5.75. The van der Waals surface area contributed by atoms with E-state index in [1.54, 1.807) is 25.8 Å². The van der Waals surface area contributed by atoms with Crippen LogP contribution in [0.2, 0.25) is 0 Å². The summed E-state index contributed by atoms with van der Waals surface area (Å²) in [7, 11) is 3.59. The smallest absolute Gasteiger partial charge is 0.223 e. The van der Waals surface area contributed by atoms with E-state index in [0.29, 0.717) is 23.9 Å². The van der Waals surface area contributed by atoms with Crippen molar-refractivity contribution in [3.63, 3.8) is 0 Å². The maximum absolute atomic E-state index is 5.57. The summed E-state index contributed by atoms with van der Waals surface area (Å²) in [6.45, 7) is 0.580. The Morgan fingerprint density at radius 1 is 1.19 bits per heavy atom. The van der Waals surface area contributed by atoms with Crippen LogP contribution in [-0.2, 0) is 13.6 Å². The van der Waals surface area contributed by atoms with Gasteiger partial charge in [0.15, 0.2) is 5.76 Å². The number of furan rings is 1. The van der Waals surface area contributed by atoms with Gasteiger partial charge in [0.25, 0.3) is 0 Å². The number of aryl methyl sites for hydroxylation is 1.